The van der Waals surface area contributed by atoms with Crippen molar-refractivity contribution >= 4 is 11.8 Å². The van der Waals surface area contributed by atoms with Gasteiger partial charge in [-0.3, -0.25) is 9.59 Å². The lowest BCUT2D eigenvalue weighted by molar-refractivity contribution is -0.146. The first-order valence-corrected chi connectivity index (χ1v) is 10.6. The number of aromatic nitrogens is 2. The van der Waals surface area contributed by atoms with Crippen LogP contribution in [0.1, 0.15) is 43.5 Å². The van der Waals surface area contributed by atoms with E-state index in [1.54, 1.807) is 6.33 Å². The van der Waals surface area contributed by atoms with E-state index in [2.05, 4.69) is 20.2 Å². The molecule has 3 aliphatic heterocycles. The molecule has 5 rings (SSSR count). The van der Waals surface area contributed by atoms with Crippen LogP contribution in [0.3, 0.4) is 0 Å². The predicted molar refractivity (Wildman–Crippen MR) is 101 cm³/mol. The van der Waals surface area contributed by atoms with Crippen LogP contribution in [-0.4, -0.2) is 77.0 Å². The zero-order valence-corrected chi connectivity index (χ0v) is 16.3. The van der Waals surface area contributed by atoms with Crippen LogP contribution in [0.15, 0.2) is 6.33 Å². The highest BCUT2D eigenvalue weighted by Gasteiger charge is 2.51. The first-order valence-electron chi connectivity index (χ1n) is 10.6. The molecule has 1 spiro atoms. The van der Waals surface area contributed by atoms with E-state index in [9.17, 15) is 9.59 Å². The fourth-order valence-corrected chi connectivity index (χ4v) is 5.06. The van der Waals surface area contributed by atoms with Gasteiger partial charge in [-0.25, -0.2) is 4.98 Å². The van der Waals surface area contributed by atoms with Crippen molar-refractivity contribution in [2.75, 3.05) is 39.3 Å². The number of amides is 2. The molecule has 2 saturated heterocycles. The van der Waals surface area contributed by atoms with Crippen LogP contribution < -0.4 is 5.32 Å². The van der Waals surface area contributed by atoms with E-state index in [0.717, 1.165) is 63.1 Å². The van der Waals surface area contributed by atoms with Gasteiger partial charge in [0.15, 0.2) is 0 Å². The maximum absolute atomic E-state index is 13.0. The van der Waals surface area contributed by atoms with E-state index in [-0.39, 0.29) is 29.4 Å². The van der Waals surface area contributed by atoms with E-state index in [1.165, 1.54) is 0 Å². The number of fused-ring (bicyclic) bond motifs is 2. The lowest BCUT2D eigenvalue weighted by Gasteiger charge is -2.50. The van der Waals surface area contributed by atoms with Gasteiger partial charge in [0.25, 0.3) is 0 Å². The van der Waals surface area contributed by atoms with Crippen molar-refractivity contribution in [3.05, 3.63) is 17.7 Å². The summed E-state index contributed by atoms with van der Waals surface area (Å²) in [6.45, 7) is 4.35. The van der Waals surface area contributed by atoms with Gasteiger partial charge < -0.3 is 24.8 Å². The average Bonchev–Trinajstić information content (AvgIpc) is 3.46. The summed E-state index contributed by atoms with van der Waals surface area (Å²) in [5.74, 6) is 0.643. The minimum Gasteiger partial charge on any atom is -0.375 e. The Labute approximate surface area is 165 Å². The Hall–Kier alpha value is -1.93. The largest absolute Gasteiger partial charge is 0.375 e. The number of nitrogens with zero attached hydrogens (tertiary/aromatic N) is 3. The van der Waals surface area contributed by atoms with Crippen LogP contribution in [0.25, 0.3) is 0 Å². The molecule has 28 heavy (non-hydrogen) atoms. The van der Waals surface area contributed by atoms with E-state index in [0.29, 0.717) is 26.1 Å². The van der Waals surface area contributed by atoms with Crippen molar-refractivity contribution in [2.45, 2.75) is 50.2 Å². The maximum Gasteiger partial charge on any atom is 0.226 e. The molecule has 1 aromatic heterocycles. The summed E-state index contributed by atoms with van der Waals surface area (Å²) in [4.78, 5) is 37.8. The molecule has 3 fully saturated rings. The number of nitrogens with one attached hydrogen (secondary N) is 2. The third-order valence-electron chi connectivity index (χ3n) is 6.80. The Morgan fingerprint density at radius 1 is 1.25 bits per heavy atom. The summed E-state index contributed by atoms with van der Waals surface area (Å²) in [5, 5.41) is 3.28. The smallest absolute Gasteiger partial charge is 0.226 e. The molecule has 8 heteroatoms. The molecule has 0 aromatic carbocycles. The predicted octanol–water partition coefficient (Wildman–Crippen LogP) is 0.401. The zero-order valence-electron chi connectivity index (χ0n) is 16.3. The van der Waals surface area contributed by atoms with Crippen molar-refractivity contribution in [3.63, 3.8) is 0 Å². The second-order valence-electron chi connectivity index (χ2n) is 8.56. The van der Waals surface area contributed by atoms with Gasteiger partial charge in [-0.2, -0.15) is 0 Å². The first kappa shape index (κ1) is 18.1. The molecule has 1 aromatic rings. The van der Waals surface area contributed by atoms with Gasteiger partial charge in [-0.05, 0) is 25.7 Å². The number of hydrogen-bond donors (Lipinski definition) is 2. The summed E-state index contributed by atoms with van der Waals surface area (Å²) >= 11 is 0. The third-order valence-corrected chi connectivity index (χ3v) is 6.80. The molecule has 4 aliphatic rings. The van der Waals surface area contributed by atoms with Gasteiger partial charge >= 0.3 is 0 Å². The monoisotopic (exact) mass is 387 g/mol. The number of aromatic amines is 1. The number of hydrogen-bond acceptors (Lipinski definition) is 5. The zero-order chi connectivity index (χ0) is 19.1. The van der Waals surface area contributed by atoms with Gasteiger partial charge in [0.05, 0.1) is 36.7 Å². The van der Waals surface area contributed by atoms with Crippen LogP contribution in [0.4, 0.5) is 0 Å². The molecule has 4 heterocycles. The number of likely N-dealkylation sites (tertiary alicyclic amines) is 1. The number of H-pyrrole nitrogens is 1. The number of morpholine rings is 1. The number of imidazole rings is 1. The molecule has 8 nitrogen and oxygen atoms in total. The second kappa shape index (κ2) is 7.15. The fraction of sp³-hybridized carbons (Fsp3) is 0.750. The number of carbonyl (C=O) groups excluding carboxylic acids is 2. The van der Waals surface area contributed by atoms with Crippen molar-refractivity contribution in [1.29, 1.82) is 0 Å². The van der Waals surface area contributed by atoms with Crippen LogP contribution in [0, 0.1) is 5.92 Å². The van der Waals surface area contributed by atoms with Gasteiger partial charge in [0.2, 0.25) is 11.8 Å². The second-order valence-corrected chi connectivity index (χ2v) is 8.56. The van der Waals surface area contributed by atoms with E-state index >= 15 is 0 Å². The van der Waals surface area contributed by atoms with E-state index in [1.807, 2.05) is 4.90 Å². The number of carbonyl (C=O) groups is 2. The van der Waals surface area contributed by atoms with Gasteiger partial charge in [-0.15, -0.1) is 0 Å². The van der Waals surface area contributed by atoms with Crippen molar-refractivity contribution < 1.29 is 14.3 Å². The van der Waals surface area contributed by atoms with E-state index < -0.39 is 0 Å². The lowest BCUT2D eigenvalue weighted by atomic mass is 9.78. The summed E-state index contributed by atoms with van der Waals surface area (Å²) in [6.07, 6.45) is 6.54. The molecule has 152 valence electrons. The van der Waals surface area contributed by atoms with Crippen molar-refractivity contribution in [3.8, 4) is 0 Å². The Kier molecular flexibility index (Phi) is 4.63. The maximum atomic E-state index is 13.0. The van der Waals surface area contributed by atoms with Gasteiger partial charge in [0.1, 0.15) is 0 Å². The normalized spacial score (nSPS) is 26.9. The molecule has 1 saturated carbocycles. The van der Waals surface area contributed by atoms with Crippen LogP contribution in [-0.2, 0) is 26.3 Å². The van der Waals surface area contributed by atoms with Crippen LogP contribution >= 0.6 is 0 Å². The molecule has 2 N–H and O–H groups in total. The average molecular weight is 387 g/mol. The molecular formula is C20H29N5O3. The first-order chi connectivity index (χ1) is 13.7. The van der Waals surface area contributed by atoms with Gasteiger partial charge in [0, 0.05) is 50.8 Å². The minimum atomic E-state index is -0.354. The summed E-state index contributed by atoms with van der Waals surface area (Å²) in [7, 11) is 0. The summed E-state index contributed by atoms with van der Waals surface area (Å²) in [5.41, 5.74) is 1.83. The lowest BCUT2D eigenvalue weighted by Crippen LogP contribution is -2.59. The highest BCUT2D eigenvalue weighted by molar-refractivity contribution is 5.82. The topological polar surface area (TPSA) is 90.6 Å². The standard InChI is InChI=1S/C20H29N5O3/c26-17(11-15-12-21-6-10-28-15)24-8-4-20(5-9-24)18-16(22-13-23-18)3-7-25(20)19(27)14-1-2-14/h13-15,21H,1-12H2,(H,22,23)/t15-/m1/s1. The fourth-order valence-electron chi connectivity index (χ4n) is 5.06. The highest BCUT2D eigenvalue weighted by Crippen LogP contribution is 2.45. The Morgan fingerprint density at radius 2 is 2.07 bits per heavy atom. The highest BCUT2D eigenvalue weighted by atomic mass is 16.5. The van der Waals surface area contributed by atoms with Crippen LogP contribution in [0.2, 0.25) is 0 Å². The Morgan fingerprint density at radius 3 is 2.79 bits per heavy atom. The molecule has 2 amide bonds. The minimum absolute atomic E-state index is 0.0299. The Bertz CT molecular complexity index is 745. The molecule has 1 aliphatic carbocycles. The number of piperidine rings is 1. The summed E-state index contributed by atoms with van der Waals surface area (Å²) in [6, 6.07) is 0. The molecule has 0 unspecified atom stereocenters. The van der Waals surface area contributed by atoms with Crippen LogP contribution in [0.5, 0.6) is 0 Å². The Balaban J connectivity index is 1.31. The molecule has 0 radical (unpaired) electrons. The van der Waals surface area contributed by atoms with Crippen molar-refractivity contribution in [2.24, 2.45) is 5.92 Å². The number of rotatable bonds is 3. The van der Waals surface area contributed by atoms with Gasteiger partial charge in [-0.1, -0.05) is 0 Å². The van der Waals surface area contributed by atoms with Crippen molar-refractivity contribution in [1.82, 2.24) is 25.1 Å². The molecule has 0 bridgehead atoms. The molecule has 1 atom stereocenters. The van der Waals surface area contributed by atoms with E-state index in [4.69, 9.17) is 4.74 Å². The molecular weight excluding hydrogens is 358 g/mol. The summed E-state index contributed by atoms with van der Waals surface area (Å²) < 4.78 is 5.69. The quantitative estimate of drug-likeness (QED) is 0.784. The third kappa shape index (κ3) is 3.12. The SMILES string of the molecule is O=C(C[C@@H]1CNCCO1)N1CCC2(CC1)c1nc[nH]c1CCN2C(=O)C1CC1. The number of ether oxygens (including phenoxy) is 1.